The van der Waals surface area contributed by atoms with Crippen molar-refractivity contribution in [3.05, 3.63) is 35.6 Å². The molecule has 0 aliphatic carbocycles. The van der Waals surface area contributed by atoms with Crippen molar-refractivity contribution in [2.24, 2.45) is 0 Å². The summed E-state index contributed by atoms with van der Waals surface area (Å²) in [4.78, 5) is 11.2. The quantitative estimate of drug-likeness (QED) is 0.664. The summed E-state index contributed by atoms with van der Waals surface area (Å²) in [7, 11) is 0. The normalized spacial score (nSPS) is 9.23. The molecule has 0 heterocycles. The number of halogens is 1. The van der Waals surface area contributed by atoms with Crippen molar-refractivity contribution < 1.29 is 9.18 Å². The lowest BCUT2D eigenvalue weighted by Gasteiger charge is -1.97. The Morgan fingerprint density at radius 1 is 1.54 bits per heavy atom. The van der Waals surface area contributed by atoms with Gasteiger partial charge >= 0.3 is 0 Å². The van der Waals surface area contributed by atoms with Crippen LogP contribution in [0.3, 0.4) is 0 Å². The third-order valence-corrected chi connectivity index (χ3v) is 1.61. The lowest BCUT2D eigenvalue weighted by molar-refractivity contribution is 0.0983. The Kier molecular flexibility index (Phi) is 3.15. The third kappa shape index (κ3) is 2.68. The molecule has 0 bridgehead atoms. The summed E-state index contributed by atoms with van der Waals surface area (Å²) in [5.41, 5.74) is 0.329. The number of hydrogen-bond acceptors (Lipinski definition) is 2. The fourth-order valence-corrected chi connectivity index (χ4v) is 0.976. The van der Waals surface area contributed by atoms with Gasteiger partial charge in [0.15, 0.2) is 5.78 Å². The summed E-state index contributed by atoms with van der Waals surface area (Å²) >= 11 is 0. The van der Waals surface area contributed by atoms with Gasteiger partial charge in [-0.15, -0.1) is 0 Å². The number of benzene rings is 1. The zero-order chi connectivity index (χ0) is 9.68. The summed E-state index contributed by atoms with van der Waals surface area (Å²) in [6.45, 7) is 0. The molecule has 0 atom stereocenters. The summed E-state index contributed by atoms with van der Waals surface area (Å²) < 4.78 is 12.6. The highest BCUT2D eigenvalue weighted by molar-refractivity contribution is 5.96. The summed E-state index contributed by atoms with van der Waals surface area (Å²) in [6, 6.07) is 7.35. The predicted molar refractivity (Wildman–Crippen MR) is 45.6 cm³/mol. The minimum Gasteiger partial charge on any atom is -0.294 e. The first kappa shape index (κ1) is 9.40. The predicted octanol–water partition coefficient (Wildman–Crippen LogP) is 2.31. The molecule has 0 amide bonds. The molecule has 0 fully saturated rings. The van der Waals surface area contributed by atoms with Crippen molar-refractivity contribution in [2.45, 2.75) is 12.8 Å². The van der Waals surface area contributed by atoms with Gasteiger partial charge in [-0.1, -0.05) is 12.1 Å². The molecule has 0 N–H and O–H groups in total. The van der Waals surface area contributed by atoms with E-state index in [-0.39, 0.29) is 18.6 Å². The van der Waals surface area contributed by atoms with Crippen molar-refractivity contribution in [1.82, 2.24) is 0 Å². The van der Waals surface area contributed by atoms with E-state index in [9.17, 15) is 9.18 Å². The van der Waals surface area contributed by atoms with E-state index in [1.807, 2.05) is 6.07 Å². The fraction of sp³-hybridized carbons (Fsp3) is 0.200. The molecule has 0 saturated carbocycles. The molecule has 0 aliphatic rings. The van der Waals surface area contributed by atoms with Gasteiger partial charge < -0.3 is 0 Å². The number of carbonyl (C=O) groups excluding carboxylic acids is 1. The topological polar surface area (TPSA) is 40.9 Å². The highest BCUT2D eigenvalue weighted by Crippen LogP contribution is 2.07. The molecule has 0 spiro atoms. The molecule has 2 nitrogen and oxygen atoms in total. The Morgan fingerprint density at radius 3 is 2.92 bits per heavy atom. The Labute approximate surface area is 75.6 Å². The number of carbonyl (C=O) groups is 1. The second-order valence-corrected chi connectivity index (χ2v) is 2.59. The number of nitrogens with zero attached hydrogens (tertiary/aromatic N) is 1. The molecule has 0 unspecified atom stereocenters. The van der Waals surface area contributed by atoms with Crippen LogP contribution in [-0.2, 0) is 0 Å². The van der Waals surface area contributed by atoms with Crippen molar-refractivity contribution in [2.75, 3.05) is 0 Å². The highest BCUT2D eigenvalue weighted by atomic mass is 19.1. The van der Waals surface area contributed by atoms with E-state index >= 15 is 0 Å². The molecule has 66 valence electrons. The van der Waals surface area contributed by atoms with Crippen LogP contribution in [0, 0.1) is 17.1 Å². The maximum Gasteiger partial charge on any atom is 0.164 e. The smallest absolute Gasteiger partial charge is 0.164 e. The van der Waals surface area contributed by atoms with Gasteiger partial charge in [0.1, 0.15) is 5.82 Å². The highest BCUT2D eigenvalue weighted by Gasteiger charge is 2.05. The maximum atomic E-state index is 12.6. The second kappa shape index (κ2) is 4.36. The third-order valence-electron chi connectivity index (χ3n) is 1.61. The Balaban J connectivity index is 2.72. The summed E-state index contributed by atoms with van der Waals surface area (Å²) in [5.74, 6) is -0.621. The average Bonchev–Trinajstić information content (AvgIpc) is 2.14. The molecule has 0 aromatic heterocycles. The molecule has 13 heavy (non-hydrogen) atoms. The maximum absolute atomic E-state index is 12.6. The number of nitriles is 1. The van der Waals surface area contributed by atoms with E-state index in [2.05, 4.69) is 0 Å². The Bertz CT molecular complexity index is 354. The molecule has 0 saturated heterocycles. The van der Waals surface area contributed by atoms with E-state index < -0.39 is 5.82 Å². The standard InChI is InChI=1S/C10H8FNO/c11-9-4-1-3-8(7-9)10(13)5-2-6-12/h1,3-4,7H,2,5H2. The van der Waals surface area contributed by atoms with Crippen LogP contribution in [0.1, 0.15) is 23.2 Å². The molecule has 0 radical (unpaired) electrons. The van der Waals surface area contributed by atoms with Crippen molar-refractivity contribution in [3.63, 3.8) is 0 Å². The monoisotopic (exact) mass is 177 g/mol. The largest absolute Gasteiger partial charge is 0.294 e. The second-order valence-electron chi connectivity index (χ2n) is 2.59. The number of Topliss-reactive ketones (excluding diaryl/α,β-unsaturated/α-hetero) is 1. The fourth-order valence-electron chi connectivity index (χ4n) is 0.976. The van der Waals surface area contributed by atoms with Gasteiger partial charge in [0, 0.05) is 18.4 Å². The SMILES string of the molecule is N#CCCC(=O)c1cccc(F)c1. The van der Waals surface area contributed by atoms with Gasteiger partial charge in [0.25, 0.3) is 0 Å². The molecule has 0 aliphatic heterocycles. The average molecular weight is 177 g/mol. The number of hydrogen-bond donors (Lipinski definition) is 0. The molecular formula is C10H8FNO. The van der Waals surface area contributed by atoms with E-state index in [1.54, 1.807) is 6.07 Å². The first-order valence-corrected chi connectivity index (χ1v) is 3.90. The zero-order valence-electron chi connectivity index (χ0n) is 6.96. The minimum atomic E-state index is -0.428. The van der Waals surface area contributed by atoms with Gasteiger partial charge in [-0.3, -0.25) is 4.79 Å². The zero-order valence-corrected chi connectivity index (χ0v) is 6.96. The van der Waals surface area contributed by atoms with Crippen LogP contribution in [-0.4, -0.2) is 5.78 Å². The first-order valence-electron chi connectivity index (χ1n) is 3.90. The van der Waals surface area contributed by atoms with Gasteiger partial charge in [-0.2, -0.15) is 5.26 Å². The van der Waals surface area contributed by atoms with Crippen LogP contribution in [0.2, 0.25) is 0 Å². The van der Waals surface area contributed by atoms with Crippen LogP contribution in [0.25, 0.3) is 0 Å². The van der Waals surface area contributed by atoms with Gasteiger partial charge in [0.05, 0.1) is 6.07 Å². The molecule has 1 rings (SSSR count). The Hall–Kier alpha value is -1.69. The summed E-state index contributed by atoms with van der Waals surface area (Å²) in [6.07, 6.45) is 0.329. The van der Waals surface area contributed by atoms with Crippen molar-refractivity contribution >= 4 is 5.78 Å². The van der Waals surface area contributed by atoms with Crippen LogP contribution in [0.4, 0.5) is 4.39 Å². The lowest BCUT2D eigenvalue weighted by atomic mass is 10.1. The van der Waals surface area contributed by atoms with Gasteiger partial charge in [-0.25, -0.2) is 4.39 Å². The van der Waals surface area contributed by atoms with Gasteiger partial charge in [0.2, 0.25) is 0 Å². The van der Waals surface area contributed by atoms with Crippen LogP contribution >= 0.6 is 0 Å². The number of rotatable bonds is 3. The first-order chi connectivity index (χ1) is 6.24. The van der Waals surface area contributed by atoms with Crippen molar-refractivity contribution in [3.8, 4) is 6.07 Å². The Morgan fingerprint density at radius 2 is 2.31 bits per heavy atom. The van der Waals surface area contributed by atoms with Crippen LogP contribution in [0.15, 0.2) is 24.3 Å². The molecule has 1 aromatic rings. The number of ketones is 1. The van der Waals surface area contributed by atoms with Crippen LogP contribution < -0.4 is 0 Å². The minimum absolute atomic E-state index is 0.153. The van der Waals surface area contributed by atoms with Gasteiger partial charge in [-0.05, 0) is 12.1 Å². The van der Waals surface area contributed by atoms with E-state index in [4.69, 9.17) is 5.26 Å². The van der Waals surface area contributed by atoms with E-state index in [0.717, 1.165) is 0 Å². The molecule has 3 heteroatoms. The van der Waals surface area contributed by atoms with Crippen molar-refractivity contribution in [1.29, 1.82) is 5.26 Å². The molecular weight excluding hydrogens is 169 g/mol. The lowest BCUT2D eigenvalue weighted by Crippen LogP contribution is -1.98. The van der Waals surface area contributed by atoms with Crippen LogP contribution in [0.5, 0.6) is 0 Å². The van der Waals surface area contributed by atoms with E-state index in [0.29, 0.717) is 5.56 Å². The van der Waals surface area contributed by atoms with E-state index in [1.165, 1.54) is 18.2 Å². The molecule has 1 aromatic carbocycles. The summed E-state index contributed by atoms with van der Waals surface area (Å²) in [5, 5.41) is 8.24.